The number of hydrogen-bond donors (Lipinski definition) is 1. The zero-order chi connectivity index (χ0) is 9.78. The molecule has 0 bridgehead atoms. The van der Waals surface area contributed by atoms with Crippen molar-refractivity contribution in [3.05, 3.63) is 0 Å². The Bertz CT molecular complexity index is 117. The minimum Gasteiger partial charge on any atom is -0.411 e. The molecule has 0 aliphatic rings. The van der Waals surface area contributed by atoms with E-state index in [0.29, 0.717) is 0 Å². The lowest BCUT2D eigenvalue weighted by molar-refractivity contribution is 0.320. The van der Waals surface area contributed by atoms with Gasteiger partial charge in [0.05, 0.1) is 0 Å². The van der Waals surface area contributed by atoms with Crippen LogP contribution in [0.1, 0.15) is 44.9 Å². The van der Waals surface area contributed by atoms with Gasteiger partial charge in [0.2, 0.25) is 0 Å². The molecule has 0 aliphatic heterocycles. The first kappa shape index (κ1) is 12.8. The van der Waals surface area contributed by atoms with E-state index in [-0.39, 0.29) is 0 Å². The maximum absolute atomic E-state index is 8.13. The largest absolute Gasteiger partial charge is 0.411 e. The molecule has 13 heavy (non-hydrogen) atoms. The number of thioether (sulfide) groups is 1. The zero-order valence-electron chi connectivity index (χ0n) is 8.54. The molecule has 0 rings (SSSR count). The van der Waals surface area contributed by atoms with Crippen LogP contribution in [0.5, 0.6) is 0 Å². The molecule has 0 aromatic heterocycles. The van der Waals surface area contributed by atoms with Crippen LogP contribution in [0.2, 0.25) is 0 Å². The normalized spacial score (nSPS) is 11.2. The van der Waals surface area contributed by atoms with Crippen molar-refractivity contribution in [3.8, 4) is 0 Å². The van der Waals surface area contributed by atoms with Crippen LogP contribution < -0.4 is 0 Å². The summed E-state index contributed by atoms with van der Waals surface area (Å²) in [6.45, 7) is 0. The topological polar surface area (TPSA) is 32.6 Å². The summed E-state index contributed by atoms with van der Waals surface area (Å²) in [6.07, 6.45) is 12.5. The highest BCUT2D eigenvalue weighted by Crippen LogP contribution is 2.08. The first-order chi connectivity index (χ1) is 6.41. The van der Waals surface area contributed by atoms with Crippen LogP contribution in [0, 0.1) is 0 Å². The molecule has 0 saturated carbocycles. The maximum atomic E-state index is 8.13. The Morgan fingerprint density at radius 3 is 2.31 bits per heavy atom. The molecule has 0 aromatic rings. The fourth-order valence-corrected chi connectivity index (χ4v) is 1.74. The van der Waals surface area contributed by atoms with Gasteiger partial charge in [-0.1, -0.05) is 25.7 Å². The Labute approximate surface area is 85.8 Å². The molecular formula is C10H21NOS. The fraction of sp³-hybridized carbons (Fsp3) is 0.900. The van der Waals surface area contributed by atoms with Gasteiger partial charge >= 0.3 is 0 Å². The minimum atomic E-state index is 0.918. The van der Waals surface area contributed by atoms with E-state index in [1.54, 1.807) is 6.21 Å². The maximum Gasteiger partial charge on any atom is 0.0435 e. The van der Waals surface area contributed by atoms with Gasteiger partial charge in [0.1, 0.15) is 0 Å². The Hall–Kier alpha value is -0.180. The molecule has 0 spiro atoms. The lowest BCUT2D eigenvalue weighted by Gasteiger charge is -1.99. The van der Waals surface area contributed by atoms with Crippen molar-refractivity contribution < 1.29 is 5.21 Å². The Balaban J connectivity index is 2.83. The molecule has 0 atom stereocenters. The Kier molecular flexibility index (Phi) is 11.7. The predicted molar refractivity (Wildman–Crippen MR) is 61.0 cm³/mol. The van der Waals surface area contributed by atoms with E-state index < -0.39 is 0 Å². The van der Waals surface area contributed by atoms with Crippen LogP contribution in [-0.2, 0) is 0 Å². The Morgan fingerprint density at radius 2 is 1.69 bits per heavy atom. The third-order valence-corrected chi connectivity index (χ3v) is 2.71. The van der Waals surface area contributed by atoms with Crippen molar-refractivity contribution in [2.24, 2.45) is 5.16 Å². The second kappa shape index (κ2) is 11.8. The minimum absolute atomic E-state index is 0.918. The van der Waals surface area contributed by atoms with Gasteiger partial charge in [-0.05, 0) is 31.3 Å². The molecule has 1 N–H and O–H groups in total. The average Bonchev–Trinajstić information content (AvgIpc) is 2.16. The molecule has 0 aromatic carbocycles. The van der Waals surface area contributed by atoms with Crippen molar-refractivity contribution in [1.29, 1.82) is 0 Å². The van der Waals surface area contributed by atoms with E-state index in [1.807, 2.05) is 11.8 Å². The number of rotatable bonds is 9. The second-order valence-corrected chi connectivity index (χ2v) is 4.19. The first-order valence-corrected chi connectivity index (χ1v) is 6.46. The number of unbranched alkanes of at least 4 members (excludes halogenated alkanes) is 6. The SMILES string of the molecule is CSCCCCCCCCC=NO. The molecule has 78 valence electrons. The number of nitrogens with zero attached hydrogens (tertiary/aromatic N) is 1. The van der Waals surface area contributed by atoms with Gasteiger partial charge < -0.3 is 5.21 Å². The highest BCUT2D eigenvalue weighted by atomic mass is 32.2. The summed E-state index contributed by atoms with van der Waals surface area (Å²) in [7, 11) is 0. The third kappa shape index (κ3) is 11.8. The highest BCUT2D eigenvalue weighted by Gasteiger charge is 1.90. The van der Waals surface area contributed by atoms with E-state index >= 15 is 0 Å². The summed E-state index contributed by atoms with van der Waals surface area (Å²) in [4.78, 5) is 0. The smallest absolute Gasteiger partial charge is 0.0435 e. The molecule has 2 nitrogen and oxygen atoms in total. The predicted octanol–water partition coefficient (Wildman–Crippen LogP) is 3.54. The van der Waals surface area contributed by atoms with Crippen LogP contribution in [0.3, 0.4) is 0 Å². The van der Waals surface area contributed by atoms with Gasteiger partial charge in [0, 0.05) is 6.21 Å². The summed E-state index contributed by atoms with van der Waals surface area (Å²) in [6, 6.07) is 0. The fourth-order valence-electron chi connectivity index (χ4n) is 1.25. The average molecular weight is 203 g/mol. The number of oxime groups is 1. The van der Waals surface area contributed by atoms with E-state index in [0.717, 1.165) is 12.8 Å². The monoisotopic (exact) mass is 203 g/mol. The van der Waals surface area contributed by atoms with Crippen LogP contribution in [0.15, 0.2) is 5.16 Å². The summed E-state index contributed by atoms with van der Waals surface area (Å²) in [5, 5.41) is 11.1. The second-order valence-electron chi connectivity index (χ2n) is 3.20. The molecule has 0 radical (unpaired) electrons. The van der Waals surface area contributed by atoms with Gasteiger partial charge in [0.25, 0.3) is 0 Å². The summed E-state index contributed by atoms with van der Waals surface area (Å²) in [5.74, 6) is 1.30. The zero-order valence-corrected chi connectivity index (χ0v) is 9.35. The van der Waals surface area contributed by atoms with E-state index in [9.17, 15) is 0 Å². The van der Waals surface area contributed by atoms with Crippen molar-refractivity contribution in [3.63, 3.8) is 0 Å². The van der Waals surface area contributed by atoms with Crippen molar-refractivity contribution in [1.82, 2.24) is 0 Å². The lowest BCUT2D eigenvalue weighted by Crippen LogP contribution is -1.83. The first-order valence-electron chi connectivity index (χ1n) is 5.06. The molecule has 0 heterocycles. The van der Waals surface area contributed by atoms with Crippen LogP contribution in [-0.4, -0.2) is 23.4 Å². The van der Waals surface area contributed by atoms with Crippen LogP contribution >= 0.6 is 11.8 Å². The molecule has 0 unspecified atom stereocenters. The van der Waals surface area contributed by atoms with E-state index in [2.05, 4.69) is 11.4 Å². The van der Waals surface area contributed by atoms with E-state index in [1.165, 1.54) is 37.9 Å². The van der Waals surface area contributed by atoms with Crippen molar-refractivity contribution >= 4 is 18.0 Å². The van der Waals surface area contributed by atoms with Crippen molar-refractivity contribution in [2.75, 3.05) is 12.0 Å². The van der Waals surface area contributed by atoms with Crippen molar-refractivity contribution in [2.45, 2.75) is 44.9 Å². The van der Waals surface area contributed by atoms with Crippen LogP contribution in [0.4, 0.5) is 0 Å². The lowest BCUT2D eigenvalue weighted by atomic mass is 10.1. The summed E-state index contributed by atoms with van der Waals surface area (Å²) < 4.78 is 0. The van der Waals surface area contributed by atoms with Gasteiger partial charge in [-0.25, -0.2) is 0 Å². The Morgan fingerprint density at radius 1 is 1.08 bits per heavy atom. The van der Waals surface area contributed by atoms with Gasteiger partial charge in [-0.2, -0.15) is 11.8 Å². The molecule has 0 aliphatic carbocycles. The number of hydrogen-bond acceptors (Lipinski definition) is 3. The molecule has 0 saturated heterocycles. The van der Waals surface area contributed by atoms with Gasteiger partial charge in [-0.15, -0.1) is 5.16 Å². The van der Waals surface area contributed by atoms with Gasteiger partial charge in [-0.3, -0.25) is 0 Å². The quantitative estimate of drug-likeness (QED) is 0.269. The van der Waals surface area contributed by atoms with E-state index in [4.69, 9.17) is 5.21 Å². The standard InChI is InChI=1S/C10H21NOS/c1-13-10-8-6-4-2-3-5-7-9-11-12/h9,12H,2-8,10H2,1H3. The molecule has 3 heteroatoms. The van der Waals surface area contributed by atoms with Gasteiger partial charge in [0.15, 0.2) is 0 Å². The molecular weight excluding hydrogens is 182 g/mol. The summed E-state index contributed by atoms with van der Waals surface area (Å²) in [5.41, 5.74) is 0. The third-order valence-electron chi connectivity index (χ3n) is 2.01. The van der Waals surface area contributed by atoms with Crippen LogP contribution in [0.25, 0.3) is 0 Å². The molecule has 0 amide bonds. The summed E-state index contributed by atoms with van der Waals surface area (Å²) >= 11 is 1.93. The highest BCUT2D eigenvalue weighted by molar-refractivity contribution is 7.98. The molecule has 0 fully saturated rings.